The van der Waals surface area contributed by atoms with Crippen molar-refractivity contribution >= 4 is 18.0 Å². The Hall–Kier alpha value is -2.88. The third-order valence-corrected chi connectivity index (χ3v) is 3.12. The SMILES string of the molecule is Cc1cccc(C(=O)NCC(=O)OC/C=C/c2ccccc2)c1. The highest BCUT2D eigenvalue weighted by Crippen LogP contribution is 2.03. The molecule has 0 spiro atoms. The molecule has 0 atom stereocenters. The molecule has 0 fully saturated rings. The van der Waals surface area contributed by atoms with Gasteiger partial charge in [-0.2, -0.15) is 0 Å². The molecule has 1 amide bonds. The number of aryl methyl sites for hydroxylation is 1. The van der Waals surface area contributed by atoms with Gasteiger partial charge in [-0.25, -0.2) is 0 Å². The highest BCUT2D eigenvalue weighted by molar-refractivity contribution is 5.96. The van der Waals surface area contributed by atoms with Gasteiger partial charge in [0.25, 0.3) is 5.91 Å². The first-order valence-electron chi connectivity index (χ1n) is 7.37. The predicted octanol–water partition coefficient (Wildman–Crippen LogP) is 2.98. The second-order valence-corrected chi connectivity index (χ2v) is 5.05. The summed E-state index contributed by atoms with van der Waals surface area (Å²) in [5, 5.41) is 2.55. The zero-order valence-corrected chi connectivity index (χ0v) is 13.0. The van der Waals surface area contributed by atoms with Crippen molar-refractivity contribution in [3.63, 3.8) is 0 Å². The molecule has 1 N–H and O–H groups in total. The second-order valence-electron chi connectivity index (χ2n) is 5.05. The summed E-state index contributed by atoms with van der Waals surface area (Å²) in [6.45, 7) is 1.93. The number of carbonyl (C=O) groups is 2. The van der Waals surface area contributed by atoms with E-state index in [9.17, 15) is 9.59 Å². The van der Waals surface area contributed by atoms with Gasteiger partial charge in [0.05, 0.1) is 0 Å². The van der Waals surface area contributed by atoms with Crippen LogP contribution in [0.25, 0.3) is 6.08 Å². The molecule has 118 valence electrons. The number of esters is 1. The number of ether oxygens (including phenoxy) is 1. The van der Waals surface area contributed by atoms with Gasteiger partial charge in [0.1, 0.15) is 13.2 Å². The maximum atomic E-state index is 11.9. The molecule has 2 rings (SSSR count). The van der Waals surface area contributed by atoms with E-state index in [1.165, 1.54) is 0 Å². The lowest BCUT2D eigenvalue weighted by Gasteiger charge is -2.05. The van der Waals surface area contributed by atoms with Crippen molar-refractivity contribution in [2.45, 2.75) is 6.92 Å². The van der Waals surface area contributed by atoms with Gasteiger partial charge in [-0.05, 0) is 30.7 Å². The fourth-order valence-corrected chi connectivity index (χ4v) is 1.98. The van der Waals surface area contributed by atoms with Crippen LogP contribution in [0.15, 0.2) is 60.7 Å². The summed E-state index contributed by atoms with van der Waals surface area (Å²) < 4.78 is 5.03. The van der Waals surface area contributed by atoms with Crippen molar-refractivity contribution in [2.75, 3.05) is 13.2 Å². The number of nitrogens with one attached hydrogen (secondary N) is 1. The van der Waals surface area contributed by atoms with Crippen LogP contribution >= 0.6 is 0 Å². The highest BCUT2D eigenvalue weighted by atomic mass is 16.5. The maximum Gasteiger partial charge on any atom is 0.325 e. The molecule has 0 aliphatic carbocycles. The molecule has 23 heavy (non-hydrogen) atoms. The average molecular weight is 309 g/mol. The zero-order valence-electron chi connectivity index (χ0n) is 13.0. The lowest BCUT2D eigenvalue weighted by Crippen LogP contribution is -2.30. The molecular weight excluding hydrogens is 290 g/mol. The minimum atomic E-state index is -0.469. The molecule has 0 heterocycles. The predicted molar refractivity (Wildman–Crippen MR) is 89.9 cm³/mol. The van der Waals surface area contributed by atoms with E-state index in [0.717, 1.165) is 11.1 Å². The Labute approximate surface area is 135 Å². The molecule has 0 saturated carbocycles. The van der Waals surface area contributed by atoms with Gasteiger partial charge in [0, 0.05) is 5.56 Å². The van der Waals surface area contributed by atoms with E-state index in [4.69, 9.17) is 4.74 Å². The van der Waals surface area contributed by atoms with Crippen molar-refractivity contribution in [3.05, 3.63) is 77.4 Å². The molecule has 4 nitrogen and oxygen atoms in total. The van der Waals surface area contributed by atoms with E-state index in [1.807, 2.05) is 49.4 Å². The first-order valence-corrected chi connectivity index (χ1v) is 7.37. The summed E-state index contributed by atoms with van der Waals surface area (Å²) in [5.41, 5.74) is 2.56. The third kappa shape index (κ3) is 5.79. The average Bonchev–Trinajstić information content (AvgIpc) is 2.57. The first-order chi connectivity index (χ1) is 11.1. The van der Waals surface area contributed by atoms with Gasteiger partial charge in [0.2, 0.25) is 0 Å². The zero-order chi connectivity index (χ0) is 16.5. The summed E-state index contributed by atoms with van der Waals surface area (Å²) in [6.07, 6.45) is 3.63. The molecule has 0 aliphatic rings. The van der Waals surface area contributed by atoms with Crippen LogP contribution in [-0.2, 0) is 9.53 Å². The Morgan fingerprint density at radius 2 is 1.87 bits per heavy atom. The molecule has 0 aromatic heterocycles. The molecule has 4 heteroatoms. The lowest BCUT2D eigenvalue weighted by atomic mass is 10.1. The number of carbonyl (C=O) groups excluding carboxylic acids is 2. The van der Waals surface area contributed by atoms with E-state index >= 15 is 0 Å². The van der Waals surface area contributed by atoms with E-state index in [2.05, 4.69) is 5.32 Å². The molecule has 0 bridgehead atoms. The molecule has 0 unspecified atom stereocenters. The van der Waals surface area contributed by atoms with Crippen LogP contribution in [0.3, 0.4) is 0 Å². The lowest BCUT2D eigenvalue weighted by molar-refractivity contribution is -0.141. The van der Waals surface area contributed by atoms with Crippen molar-refractivity contribution in [3.8, 4) is 0 Å². The van der Waals surface area contributed by atoms with E-state index in [1.54, 1.807) is 24.3 Å². The summed E-state index contributed by atoms with van der Waals surface area (Å²) in [4.78, 5) is 23.5. The molecule has 0 radical (unpaired) electrons. The Bertz CT molecular complexity index is 693. The van der Waals surface area contributed by atoms with Gasteiger partial charge >= 0.3 is 5.97 Å². The van der Waals surface area contributed by atoms with Crippen LogP contribution in [0.4, 0.5) is 0 Å². The third-order valence-electron chi connectivity index (χ3n) is 3.12. The number of amides is 1. The number of rotatable bonds is 6. The minimum Gasteiger partial charge on any atom is -0.460 e. The Kier molecular flexibility index (Phi) is 6.12. The van der Waals surface area contributed by atoms with Crippen molar-refractivity contribution in [1.82, 2.24) is 5.32 Å². The van der Waals surface area contributed by atoms with E-state index < -0.39 is 5.97 Å². The monoisotopic (exact) mass is 309 g/mol. The Morgan fingerprint density at radius 1 is 1.09 bits per heavy atom. The van der Waals surface area contributed by atoms with Crippen LogP contribution in [0.1, 0.15) is 21.5 Å². The van der Waals surface area contributed by atoms with Crippen molar-refractivity contribution in [1.29, 1.82) is 0 Å². The van der Waals surface area contributed by atoms with Gasteiger partial charge in [-0.1, -0.05) is 54.1 Å². The molecule has 2 aromatic rings. The summed E-state index contributed by atoms with van der Waals surface area (Å²) in [7, 11) is 0. The van der Waals surface area contributed by atoms with Gasteiger partial charge in [-0.15, -0.1) is 0 Å². The number of hydrogen-bond donors (Lipinski definition) is 1. The fourth-order valence-electron chi connectivity index (χ4n) is 1.98. The Morgan fingerprint density at radius 3 is 2.61 bits per heavy atom. The Balaban J connectivity index is 1.71. The van der Waals surface area contributed by atoms with Gasteiger partial charge in [-0.3, -0.25) is 9.59 Å². The number of hydrogen-bond acceptors (Lipinski definition) is 3. The van der Waals surface area contributed by atoms with Crippen LogP contribution in [0, 0.1) is 6.92 Å². The largest absolute Gasteiger partial charge is 0.460 e. The highest BCUT2D eigenvalue weighted by Gasteiger charge is 2.08. The van der Waals surface area contributed by atoms with Gasteiger partial charge < -0.3 is 10.1 Å². The fraction of sp³-hybridized carbons (Fsp3) is 0.158. The van der Waals surface area contributed by atoms with Gasteiger partial charge in [0.15, 0.2) is 0 Å². The smallest absolute Gasteiger partial charge is 0.325 e. The van der Waals surface area contributed by atoms with Crippen LogP contribution in [-0.4, -0.2) is 25.0 Å². The first kappa shape index (κ1) is 16.5. The van der Waals surface area contributed by atoms with E-state index in [-0.39, 0.29) is 19.1 Å². The van der Waals surface area contributed by atoms with Crippen LogP contribution < -0.4 is 5.32 Å². The molecule has 2 aromatic carbocycles. The minimum absolute atomic E-state index is 0.147. The summed E-state index contributed by atoms with van der Waals surface area (Å²) in [6, 6.07) is 16.9. The maximum absolute atomic E-state index is 11.9. The summed E-state index contributed by atoms with van der Waals surface area (Å²) >= 11 is 0. The molecule has 0 aliphatic heterocycles. The van der Waals surface area contributed by atoms with Crippen molar-refractivity contribution < 1.29 is 14.3 Å². The number of benzene rings is 2. The second kappa shape index (κ2) is 8.54. The van der Waals surface area contributed by atoms with Crippen molar-refractivity contribution in [2.24, 2.45) is 0 Å². The molecule has 0 saturated heterocycles. The van der Waals surface area contributed by atoms with Crippen LogP contribution in [0.2, 0.25) is 0 Å². The summed E-state index contributed by atoms with van der Waals surface area (Å²) in [5.74, 6) is -0.755. The topological polar surface area (TPSA) is 55.4 Å². The quantitative estimate of drug-likeness (QED) is 0.835. The van der Waals surface area contributed by atoms with E-state index in [0.29, 0.717) is 5.56 Å². The standard InChI is InChI=1S/C19H19NO3/c1-15-7-5-11-17(13-15)19(22)20-14-18(21)23-12-6-10-16-8-3-2-4-9-16/h2-11,13H,12,14H2,1H3,(H,20,22)/b10-6+. The normalized spacial score (nSPS) is 10.5. The molecular formula is C19H19NO3. The van der Waals surface area contributed by atoms with Crippen LogP contribution in [0.5, 0.6) is 0 Å².